The summed E-state index contributed by atoms with van der Waals surface area (Å²) in [5.41, 5.74) is 1.37. The molecule has 0 unspecified atom stereocenters. The lowest BCUT2D eigenvalue weighted by Gasteiger charge is -2.14. The van der Waals surface area contributed by atoms with E-state index >= 15 is 0 Å². The van der Waals surface area contributed by atoms with Crippen LogP contribution in [-0.4, -0.2) is 40.7 Å². The van der Waals surface area contributed by atoms with Crippen LogP contribution >= 0.6 is 0 Å². The molecule has 0 fully saturated rings. The van der Waals surface area contributed by atoms with Gasteiger partial charge < -0.3 is 19.5 Å². The molecule has 5 heteroatoms. The van der Waals surface area contributed by atoms with Gasteiger partial charge in [-0.3, -0.25) is 4.79 Å². The van der Waals surface area contributed by atoms with E-state index in [2.05, 4.69) is 5.32 Å². The van der Waals surface area contributed by atoms with E-state index in [-0.39, 0.29) is 12.3 Å². The van der Waals surface area contributed by atoms with Crippen LogP contribution in [-0.2, 0) is 11.3 Å². The summed E-state index contributed by atoms with van der Waals surface area (Å²) in [7, 11) is 6.43. The number of nitrogens with one attached hydrogen (secondary N) is 1. The van der Waals surface area contributed by atoms with E-state index in [4.69, 9.17) is 14.2 Å². The Hall–Kier alpha value is -1.59. The molecule has 1 aromatic carbocycles. The van der Waals surface area contributed by atoms with Crippen LogP contribution < -0.4 is 14.8 Å². The number of rotatable bonds is 7. The lowest BCUT2D eigenvalue weighted by atomic mass is 10.1. The molecule has 0 heterocycles. The van der Waals surface area contributed by atoms with E-state index in [0.29, 0.717) is 23.7 Å². The highest BCUT2D eigenvalue weighted by Crippen LogP contribution is 2.33. The van der Waals surface area contributed by atoms with Crippen molar-refractivity contribution in [2.45, 2.75) is 6.61 Å². The average Bonchev–Trinajstić information content (AvgIpc) is 2.38. The molecule has 1 rings (SSSR count). The van der Waals surface area contributed by atoms with Crippen molar-refractivity contribution in [2.75, 3.05) is 34.9 Å². The number of Topliss-reactive ketones (excluding diaryl/α,β-unsaturated/α-hetero) is 1. The molecule has 1 N–H and O–H groups in total. The molecule has 100 valence electrons. The van der Waals surface area contributed by atoms with Gasteiger partial charge in [-0.2, -0.15) is 0 Å². The van der Waals surface area contributed by atoms with Crippen LogP contribution in [0.15, 0.2) is 12.1 Å². The van der Waals surface area contributed by atoms with Crippen molar-refractivity contribution in [2.24, 2.45) is 0 Å². The first-order chi connectivity index (χ1) is 8.67. The maximum Gasteiger partial charge on any atom is 0.176 e. The van der Waals surface area contributed by atoms with Gasteiger partial charge in [0.15, 0.2) is 17.3 Å². The number of carbonyl (C=O) groups excluding carboxylic acids is 1. The zero-order valence-electron chi connectivity index (χ0n) is 11.2. The zero-order valence-corrected chi connectivity index (χ0v) is 11.2. The number of methoxy groups -OCH3 is 3. The van der Waals surface area contributed by atoms with Crippen LogP contribution in [0.1, 0.15) is 15.9 Å². The predicted molar refractivity (Wildman–Crippen MR) is 68.5 cm³/mol. The number of ketones is 1. The highest BCUT2D eigenvalue weighted by Gasteiger charge is 2.15. The smallest absolute Gasteiger partial charge is 0.176 e. The Labute approximate surface area is 107 Å². The Morgan fingerprint density at radius 1 is 1.22 bits per heavy atom. The van der Waals surface area contributed by atoms with Crippen LogP contribution in [0.2, 0.25) is 0 Å². The van der Waals surface area contributed by atoms with Crippen LogP contribution in [0, 0.1) is 0 Å². The third-order valence-electron chi connectivity index (χ3n) is 2.51. The van der Waals surface area contributed by atoms with Gasteiger partial charge in [-0.15, -0.1) is 0 Å². The van der Waals surface area contributed by atoms with E-state index in [1.165, 1.54) is 0 Å². The van der Waals surface area contributed by atoms with Gasteiger partial charge in [-0.25, -0.2) is 0 Å². The Morgan fingerprint density at radius 2 is 1.94 bits per heavy atom. The van der Waals surface area contributed by atoms with Crippen LogP contribution in [0.5, 0.6) is 11.5 Å². The molecule has 0 bridgehead atoms. The fourth-order valence-corrected chi connectivity index (χ4v) is 1.73. The van der Waals surface area contributed by atoms with Gasteiger partial charge >= 0.3 is 0 Å². The third-order valence-corrected chi connectivity index (χ3v) is 2.51. The van der Waals surface area contributed by atoms with E-state index in [0.717, 1.165) is 5.56 Å². The molecule has 0 aliphatic carbocycles. The van der Waals surface area contributed by atoms with Crippen molar-refractivity contribution >= 4 is 5.78 Å². The molecule has 0 spiro atoms. The van der Waals surface area contributed by atoms with Gasteiger partial charge in [0, 0.05) is 18.2 Å². The summed E-state index contributed by atoms with van der Waals surface area (Å²) in [5.74, 6) is 1.13. The fourth-order valence-electron chi connectivity index (χ4n) is 1.73. The van der Waals surface area contributed by atoms with Crippen LogP contribution in [0.25, 0.3) is 0 Å². The second kappa shape index (κ2) is 6.98. The van der Waals surface area contributed by atoms with Crippen molar-refractivity contribution in [3.8, 4) is 11.5 Å². The van der Waals surface area contributed by atoms with Crippen molar-refractivity contribution < 1.29 is 19.0 Å². The summed E-state index contributed by atoms with van der Waals surface area (Å²) < 4.78 is 15.6. The summed E-state index contributed by atoms with van der Waals surface area (Å²) in [6, 6.07) is 3.45. The summed E-state index contributed by atoms with van der Waals surface area (Å²) in [6.45, 7) is 0.641. The summed E-state index contributed by atoms with van der Waals surface area (Å²) >= 11 is 0. The molecule has 0 aliphatic rings. The second-order valence-corrected chi connectivity index (χ2v) is 3.76. The molecule has 0 aliphatic heterocycles. The third kappa shape index (κ3) is 3.21. The molecule has 18 heavy (non-hydrogen) atoms. The summed E-state index contributed by atoms with van der Waals surface area (Å²) in [4.78, 5) is 11.9. The van der Waals surface area contributed by atoms with Crippen molar-refractivity contribution in [3.05, 3.63) is 23.3 Å². The Balaban J connectivity index is 3.22. The number of hydrogen-bond donors (Lipinski definition) is 1. The molecule has 0 aromatic heterocycles. The molecule has 0 saturated carbocycles. The Morgan fingerprint density at radius 3 is 2.44 bits per heavy atom. The Bertz CT molecular complexity index is 418. The van der Waals surface area contributed by atoms with E-state index in [9.17, 15) is 4.79 Å². The van der Waals surface area contributed by atoms with Gasteiger partial charge in [-0.1, -0.05) is 0 Å². The molecule has 5 nitrogen and oxygen atoms in total. The number of ether oxygens (including phenoxy) is 3. The van der Waals surface area contributed by atoms with Crippen LogP contribution in [0.3, 0.4) is 0 Å². The number of benzene rings is 1. The second-order valence-electron chi connectivity index (χ2n) is 3.76. The van der Waals surface area contributed by atoms with Crippen molar-refractivity contribution in [1.82, 2.24) is 5.32 Å². The summed E-state index contributed by atoms with van der Waals surface area (Å²) in [6.07, 6.45) is 0. The molecule has 0 saturated heterocycles. The SMILES string of the molecule is CNCC(=O)c1cc(COC)c(OC)c(OC)c1. The maximum absolute atomic E-state index is 11.9. The minimum Gasteiger partial charge on any atom is -0.493 e. The number of likely N-dealkylation sites (N-methyl/N-ethyl adjacent to an activating group) is 1. The fraction of sp³-hybridized carbons (Fsp3) is 0.462. The largest absolute Gasteiger partial charge is 0.493 e. The van der Waals surface area contributed by atoms with E-state index < -0.39 is 0 Å². The average molecular weight is 253 g/mol. The first kappa shape index (κ1) is 14.5. The van der Waals surface area contributed by atoms with Gasteiger partial charge in [0.05, 0.1) is 27.4 Å². The normalized spacial score (nSPS) is 10.2. The lowest BCUT2D eigenvalue weighted by Crippen LogP contribution is -2.19. The molecular formula is C13H19NO4. The van der Waals surface area contributed by atoms with Crippen LogP contribution in [0.4, 0.5) is 0 Å². The topological polar surface area (TPSA) is 56.8 Å². The Kier molecular flexibility index (Phi) is 5.61. The number of hydrogen-bond acceptors (Lipinski definition) is 5. The van der Waals surface area contributed by atoms with Crippen molar-refractivity contribution in [3.63, 3.8) is 0 Å². The minimum atomic E-state index is -0.00388. The zero-order chi connectivity index (χ0) is 13.5. The first-order valence-electron chi connectivity index (χ1n) is 5.59. The van der Waals surface area contributed by atoms with E-state index in [1.807, 2.05) is 0 Å². The molecule has 0 atom stereocenters. The predicted octanol–water partition coefficient (Wildman–Crippen LogP) is 1.25. The lowest BCUT2D eigenvalue weighted by molar-refractivity contribution is 0.0992. The van der Waals surface area contributed by atoms with Gasteiger partial charge in [0.25, 0.3) is 0 Å². The highest BCUT2D eigenvalue weighted by atomic mass is 16.5. The first-order valence-corrected chi connectivity index (χ1v) is 5.59. The van der Waals surface area contributed by atoms with E-state index in [1.54, 1.807) is 40.5 Å². The molecule has 1 aromatic rings. The summed E-state index contributed by atoms with van der Waals surface area (Å²) in [5, 5.41) is 2.83. The maximum atomic E-state index is 11.9. The standard InChI is InChI=1S/C13H19NO4/c1-14-7-11(15)9-5-10(8-16-2)13(18-4)12(6-9)17-3/h5-6,14H,7-8H2,1-4H3. The quantitative estimate of drug-likeness (QED) is 0.741. The van der Waals surface area contributed by atoms with Crippen molar-refractivity contribution in [1.29, 1.82) is 0 Å². The van der Waals surface area contributed by atoms with Gasteiger partial charge in [0.1, 0.15) is 0 Å². The monoisotopic (exact) mass is 253 g/mol. The minimum absolute atomic E-state index is 0.00388. The highest BCUT2D eigenvalue weighted by molar-refractivity contribution is 5.98. The molecule has 0 radical (unpaired) electrons. The molecule has 0 amide bonds. The van der Waals surface area contributed by atoms with Gasteiger partial charge in [-0.05, 0) is 19.2 Å². The number of carbonyl (C=O) groups is 1. The molecular weight excluding hydrogens is 234 g/mol. The van der Waals surface area contributed by atoms with Gasteiger partial charge in [0.2, 0.25) is 0 Å².